The first-order valence-corrected chi connectivity index (χ1v) is 6.36. The van der Waals surface area contributed by atoms with E-state index in [4.69, 9.17) is 22.1 Å². The Bertz CT molecular complexity index is 652. The van der Waals surface area contributed by atoms with Crippen molar-refractivity contribution in [1.82, 2.24) is 9.55 Å². The van der Waals surface area contributed by atoms with E-state index in [2.05, 4.69) is 4.98 Å². The van der Waals surface area contributed by atoms with Gasteiger partial charge < -0.3 is 25.0 Å². The maximum atomic E-state index is 10.0. The highest BCUT2D eigenvalue weighted by atomic mass is 32.1. The van der Waals surface area contributed by atoms with Crippen LogP contribution in [0.3, 0.4) is 0 Å². The maximum Gasteiger partial charge on any atom is 0.180 e. The van der Waals surface area contributed by atoms with Crippen molar-refractivity contribution in [1.29, 1.82) is 0 Å². The highest BCUT2D eigenvalue weighted by Crippen LogP contribution is 2.32. The van der Waals surface area contributed by atoms with Crippen LogP contribution in [-0.4, -0.2) is 49.8 Å². The fraction of sp³-hybridized carbons (Fsp3) is 0.417. The van der Waals surface area contributed by atoms with Crippen LogP contribution in [-0.2, 0) is 4.74 Å². The first-order valence-electron chi connectivity index (χ1n) is 5.95. The van der Waals surface area contributed by atoms with Crippen molar-refractivity contribution in [2.24, 2.45) is 0 Å². The summed E-state index contributed by atoms with van der Waals surface area (Å²) >= 11 is 5.23. The Morgan fingerprint density at radius 2 is 2.00 bits per heavy atom. The molecule has 1 aromatic carbocycles. The van der Waals surface area contributed by atoms with Gasteiger partial charge in [-0.15, -0.1) is 0 Å². The molecule has 2 heterocycles. The number of imidazole rings is 1. The molecule has 102 valence electrons. The molecule has 6 nitrogen and oxygen atoms in total. The van der Waals surface area contributed by atoms with E-state index in [1.165, 1.54) is 0 Å². The lowest BCUT2D eigenvalue weighted by Gasteiger charge is -2.17. The van der Waals surface area contributed by atoms with Gasteiger partial charge in [0.1, 0.15) is 18.3 Å². The zero-order valence-corrected chi connectivity index (χ0v) is 10.7. The van der Waals surface area contributed by atoms with Crippen LogP contribution in [0, 0.1) is 4.77 Å². The van der Waals surface area contributed by atoms with Gasteiger partial charge in [0.25, 0.3) is 0 Å². The van der Waals surface area contributed by atoms with Crippen LogP contribution in [0.15, 0.2) is 24.3 Å². The van der Waals surface area contributed by atoms with Gasteiger partial charge in [-0.1, -0.05) is 12.1 Å². The number of aliphatic hydroxyl groups is 3. The van der Waals surface area contributed by atoms with Gasteiger partial charge in [0, 0.05) is 0 Å². The van der Waals surface area contributed by atoms with Crippen molar-refractivity contribution in [3.63, 3.8) is 0 Å². The second-order valence-corrected chi connectivity index (χ2v) is 4.93. The molecule has 2 aromatic rings. The predicted molar refractivity (Wildman–Crippen MR) is 70.1 cm³/mol. The maximum absolute atomic E-state index is 10.0. The third-order valence-corrected chi connectivity index (χ3v) is 3.69. The number of fused-ring (bicyclic) bond motifs is 1. The summed E-state index contributed by atoms with van der Waals surface area (Å²) in [5, 5.41) is 29.0. The molecule has 19 heavy (non-hydrogen) atoms. The fourth-order valence-corrected chi connectivity index (χ4v) is 2.73. The molecule has 3 rings (SSSR count). The van der Waals surface area contributed by atoms with Crippen LogP contribution in [0.25, 0.3) is 11.0 Å². The van der Waals surface area contributed by atoms with Gasteiger partial charge in [0.2, 0.25) is 0 Å². The Balaban J connectivity index is 2.10. The molecular formula is C12H14N2O4S. The van der Waals surface area contributed by atoms with Crippen molar-refractivity contribution in [2.45, 2.75) is 24.5 Å². The number of ether oxygens (including phenoxy) is 1. The van der Waals surface area contributed by atoms with E-state index < -0.39 is 24.5 Å². The Hall–Kier alpha value is -1.25. The molecule has 1 aliphatic rings. The zero-order chi connectivity index (χ0) is 13.6. The molecule has 7 heteroatoms. The van der Waals surface area contributed by atoms with E-state index in [9.17, 15) is 10.2 Å². The fourth-order valence-electron chi connectivity index (χ4n) is 2.42. The Morgan fingerprint density at radius 1 is 1.26 bits per heavy atom. The normalized spacial score (nSPS) is 31.1. The zero-order valence-electron chi connectivity index (χ0n) is 9.93. The summed E-state index contributed by atoms with van der Waals surface area (Å²) in [7, 11) is 0. The van der Waals surface area contributed by atoms with Gasteiger partial charge >= 0.3 is 0 Å². The smallest absolute Gasteiger partial charge is 0.180 e. The number of hydrogen-bond donors (Lipinski definition) is 4. The molecule has 0 unspecified atom stereocenters. The van der Waals surface area contributed by atoms with Crippen LogP contribution in [0.4, 0.5) is 0 Å². The standard InChI is InChI=1S/C12H14N2O4S/c15-5-8-9(16)10(17)11(18-8)14-7-4-2-1-3-6(7)13-12(14)19/h1-4,8-11,15-17H,5H2,(H,13,19)/t8-,9-,10-,11-/m1/s1. The van der Waals surface area contributed by atoms with Crippen molar-refractivity contribution >= 4 is 23.3 Å². The second-order valence-electron chi connectivity index (χ2n) is 4.55. The number of aromatic amines is 1. The minimum atomic E-state index is -1.14. The molecule has 4 N–H and O–H groups in total. The van der Waals surface area contributed by atoms with Crippen molar-refractivity contribution < 1.29 is 20.1 Å². The first-order chi connectivity index (χ1) is 9.13. The highest BCUT2D eigenvalue weighted by molar-refractivity contribution is 7.71. The second kappa shape index (κ2) is 4.69. The summed E-state index contributed by atoms with van der Waals surface area (Å²) in [6.45, 7) is -0.357. The van der Waals surface area contributed by atoms with Gasteiger partial charge in [-0.25, -0.2) is 0 Å². The van der Waals surface area contributed by atoms with Crippen LogP contribution in [0.5, 0.6) is 0 Å². The van der Waals surface area contributed by atoms with Crippen LogP contribution in [0.1, 0.15) is 6.23 Å². The molecule has 1 fully saturated rings. The van der Waals surface area contributed by atoms with E-state index in [0.29, 0.717) is 4.77 Å². The average molecular weight is 282 g/mol. The summed E-state index contributed by atoms with van der Waals surface area (Å²) in [4.78, 5) is 3.01. The lowest BCUT2D eigenvalue weighted by atomic mass is 10.1. The van der Waals surface area contributed by atoms with E-state index >= 15 is 0 Å². The van der Waals surface area contributed by atoms with E-state index in [0.717, 1.165) is 11.0 Å². The largest absolute Gasteiger partial charge is 0.394 e. The number of nitrogens with zero attached hydrogens (tertiary/aromatic N) is 1. The lowest BCUT2D eigenvalue weighted by Crippen LogP contribution is -2.33. The lowest BCUT2D eigenvalue weighted by molar-refractivity contribution is -0.0514. The molecule has 0 amide bonds. The summed E-state index contributed by atoms with van der Waals surface area (Å²) in [6.07, 6.45) is -3.89. The minimum absolute atomic E-state index is 0.357. The molecule has 4 atom stereocenters. The number of nitrogens with one attached hydrogen (secondary N) is 1. The van der Waals surface area contributed by atoms with Gasteiger partial charge in [0.15, 0.2) is 11.0 Å². The van der Waals surface area contributed by atoms with Gasteiger partial charge in [-0.3, -0.25) is 4.57 Å². The first kappa shape index (κ1) is 12.8. The molecule has 0 saturated carbocycles. The van der Waals surface area contributed by atoms with Crippen molar-refractivity contribution in [3.05, 3.63) is 29.0 Å². The highest BCUT2D eigenvalue weighted by Gasteiger charge is 2.43. The summed E-state index contributed by atoms with van der Waals surface area (Å²) in [6, 6.07) is 7.43. The summed E-state index contributed by atoms with van der Waals surface area (Å²) in [5.41, 5.74) is 1.60. The van der Waals surface area contributed by atoms with Crippen LogP contribution < -0.4 is 0 Å². The number of aromatic nitrogens is 2. The monoisotopic (exact) mass is 282 g/mol. The molecular weight excluding hydrogens is 268 g/mol. The van der Waals surface area contributed by atoms with Crippen molar-refractivity contribution in [3.8, 4) is 0 Å². The van der Waals surface area contributed by atoms with Gasteiger partial charge in [-0.2, -0.15) is 0 Å². The SMILES string of the molecule is OC[C@H]1O[C@@H](n2c(=S)[nH]c3ccccc32)[C@H](O)[C@@H]1O. The number of benzene rings is 1. The molecule has 1 aromatic heterocycles. The number of rotatable bonds is 2. The quantitative estimate of drug-likeness (QED) is 0.595. The van der Waals surface area contributed by atoms with Gasteiger partial charge in [0.05, 0.1) is 17.6 Å². The van der Waals surface area contributed by atoms with E-state index in [-0.39, 0.29) is 6.61 Å². The molecule has 1 aliphatic heterocycles. The van der Waals surface area contributed by atoms with E-state index in [1.54, 1.807) is 4.57 Å². The predicted octanol–water partition coefficient (Wildman–Crippen LogP) is 0.310. The molecule has 0 aliphatic carbocycles. The molecule has 0 spiro atoms. The summed E-state index contributed by atoms with van der Waals surface area (Å²) in [5.74, 6) is 0. The Morgan fingerprint density at radius 3 is 2.68 bits per heavy atom. The number of aliphatic hydroxyl groups excluding tert-OH is 3. The molecule has 0 bridgehead atoms. The van der Waals surface area contributed by atoms with E-state index in [1.807, 2.05) is 24.3 Å². The Kier molecular flexibility index (Phi) is 3.15. The summed E-state index contributed by atoms with van der Waals surface area (Å²) < 4.78 is 7.51. The molecule has 1 saturated heterocycles. The third-order valence-electron chi connectivity index (χ3n) is 3.40. The topological polar surface area (TPSA) is 90.6 Å². The number of H-pyrrole nitrogens is 1. The van der Waals surface area contributed by atoms with Crippen molar-refractivity contribution in [2.75, 3.05) is 6.61 Å². The third kappa shape index (κ3) is 1.90. The van der Waals surface area contributed by atoms with Gasteiger partial charge in [-0.05, 0) is 24.4 Å². The van der Waals surface area contributed by atoms with Crippen LogP contribution >= 0.6 is 12.2 Å². The van der Waals surface area contributed by atoms with Crippen LogP contribution in [0.2, 0.25) is 0 Å². The number of para-hydroxylation sites is 2. The average Bonchev–Trinajstić information content (AvgIpc) is 2.88. The number of hydrogen-bond acceptors (Lipinski definition) is 5. The Labute approximate surface area is 113 Å². The molecule has 0 radical (unpaired) electrons. The minimum Gasteiger partial charge on any atom is -0.394 e.